The van der Waals surface area contributed by atoms with Crippen molar-refractivity contribution in [2.45, 2.75) is 19.1 Å². The van der Waals surface area contributed by atoms with Crippen LogP contribution in [0.4, 0.5) is 5.69 Å². The molecule has 0 amide bonds. The fraction of sp³-hybridized carbons (Fsp3) is 0.103. The Hall–Kier alpha value is -3.66. The second-order valence-corrected chi connectivity index (χ2v) is 8.24. The van der Waals surface area contributed by atoms with Crippen LogP contribution in [0, 0.1) is 0 Å². The highest BCUT2D eigenvalue weighted by Crippen LogP contribution is 2.28. The maximum absolute atomic E-state index is 6.47. The molecule has 5 aromatic carbocycles. The van der Waals surface area contributed by atoms with Gasteiger partial charge in [0.1, 0.15) is 6.17 Å². The number of nitrogens with one attached hydrogen (secondary N) is 1. The largest absolute Gasteiger partial charge is 0.366 e. The van der Waals surface area contributed by atoms with Crippen molar-refractivity contribution < 1.29 is 0 Å². The van der Waals surface area contributed by atoms with E-state index in [1.807, 2.05) is 30.3 Å². The van der Waals surface area contributed by atoms with Gasteiger partial charge in [0.2, 0.25) is 0 Å². The lowest BCUT2D eigenvalue weighted by Gasteiger charge is -2.19. The molecule has 0 bridgehead atoms. The number of hydrogen-bond donors (Lipinski definition) is 3. The first-order chi connectivity index (χ1) is 15.7. The SMILES string of the molecule is NCc1ccc(C(N)Nc2ccccc2Cc2ccc3c(ccc4ccccc43)c2)cc1. The van der Waals surface area contributed by atoms with Gasteiger partial charge in [-0.3, -0.25) is 0 Å². The van der Waals surface area contributed by atoms with Crippen molar-refractivity contribution >= 4 is 27.2 Å². The molecule has 3 heteroatoms. The minimum atomic E-state index is -0.286. The third kappa shape index (κ3) is 4.09. The van der Waals surface area contributed by atoms with Crippen LogP contribution in [0.25, 0.3) is 21.5 Å². The van der Waals surface area contributed by atoms with Gasteiger partial charge in [-0.2, -0.15) is 0 Å². The molecule has 5 N–H and O–H groups in total. The molecule has 32 heavy (non-hydrogen) atoms. The van der Waals surface area contributed by atoms with Crippen molar-refractivity contribution in [1.29, 1.82) is 0 Å². The average Bonchev–Trinajstić information content (AvgIpc) is 2.85. The van der Waals surface area contributed by atoms with Crippen LogP contribution in [-0.2, 0) is 13.0 Å². The zero-order valence-electron chi connectivity index (χ0n) is 18.0. The minimum absolute atomic E-state index is 0.286. The second-order valence-electron chi connectivity index (χ2n) is 8.24. The summed E-state index contributed by atoms with van der Waals surface area (Å²) in [5, 5.41) is 8.62. The van der Waals surface area contributed by atoms with Crippen molar-refractivity contribution in [3.8, 4) is 0 Å². The van der Waals surface area contributed by atoms with Crippen molar-refractivity contribution in [1.82, 2.24) is 0 Å². The van der Waals surface area contributed by atoms with Gasteiger partial charge in [0, 0.05) is 12.2 Å². The van der Waals surface area contributed by atoms with E-state index >= 15 is 0 Å². The Morgan fingerprint density at radius 1 is 0.656 bits per heavy atom. The molecule has 0 aromatic heterocycles. The van der Waals surface area contributed by atoms with Gasteiger partial charge in [-0.15, -0.1) is 0 Å². The predicted octanol–water partition coefficient (Wildman–Crippen LogP) is 6.11. The highest BCUT2D eigenvalue weighted by Gasteiger charge is 2.10. The van der Waals surface area contributed by atoms with E-state index in [0.29, 0.717) is 6.54 Å². The molecule has 0 saturated carbocycles. The molecule has 158 valence electrons. The van der Waals surface area contributed by atoms with Gasteiger partial charge in [0.05, 0.1) is 0 Å². The Labute approximate surface area is 188 Å². The van der Waals surface area contributed by atoms with Crippen LogP contribution < -0.4 is 16.8 Å². The number of nitrogens with two attached hydrogens (primary N) is 2. The summed E-state index contributed by atoms with van der Waals surface area (Å²) in [5.74, 6) is 0. The number of fused-ring (bicyclic) bond motifs is 3. The molecule has 5 rings (SSSR count). The van der Waals surface area contributed by atoms with Crippen LogP contribution in [0.15, 0.2) is 103 Å². The van der Waals surface area contributed by atoms with Gasteiger partial charge >= 0.3 is 0 Å². The van der Waals surface area contributed by atoms with E-state index in [9.17, 15) is 0 Å². The first kappa shape index (κ1) is 20.3. The van der Waals surface area contributed by atoms with Crippen LogP contribution in [0.3, 0.4) is 0 Å². The van der Waals surface area contributed by atoms with Gasteiger partial charge in [0.15, 0.2) is 0 Å². The van der Waals surface area contributed by atoms with Crippen molar-refractivity contribution in [3.05, 3.63) is 125 Å². The third-order valence-corrected chi connectivity index (χ3v) is 6.11. The predicted molar refractivity (Wildman–Crippen MR) is 136 cm³/mol. The summed E-state index contributed by atoms with van der Waals surface area (Å²) in [6, 6.07) is 36.3. The number of rotatable bonds is 6. The van der Waals surface area contributed by atoms with E-state index in [-0.39, 0.29) is 6.17 Å². The summed E-state index contributed by atoms with van der Waals surface area (Å²) in [6.07, 6.45) is 0.552. The molecule has 0 heterocycles. The van der Waals surface area contributed by atoms with E-state index in [1.54, 1.807) is 0 Å². The number of anilines is 1. The molecule has 0 aliphatic carbocycles. The molecule has 1 unspecified atom stereocenters. The Morgan fingerprint density at radius 2 is 1.34 bits per heavy atom. The number of hydrogen-bond acceptors (Lipinski definition) is 3. The van der Waals surface area contributed by atoms with Gasteiger partial charge < -0.3 is 16.8 Å². The van der Waals surface area contributed by atoms with Gasteiger partial charge in [0.25, 0.3) is 0 Å². The summed E-state index contributed by atoms with van der Waals surface area (Å²) in [6.45, 7) is 0.535. The summed E-state index contributed by atoms with van der Waals surface area (Å²) in [4.78, 5) is 0. The molecule has 0 saturated heterocycles. The van der Waals surface area contributed by atoms with E-state index in [2.05, 4.69) is 78.1 Å². The molecule has 0 radical (unpaired) electrons. The zero-order chi connectivity index (χ0) is 21.9. The highest BCUT2D eigenvalue weighted by molar-refractivity contribution is 6.07. The molecule has 5 aromatic rings. The third-order valence-electron chi connectivity index (χ3n) is 6.11. The van der Waals surface area contributed by atoms with Crippen molar-refractivity contribution in [2.24, 2.45) is 11.5 Å². The lowest BCUT2D eigenvalue weighted by molar-refractivity contribution is 0.831. The van der Waals surface area contributed by atoms with Crippen LogP contribution in [0.1, 0.15) is 28.4 Å². The fourth-order valence-electron chi connectivity index (χ4n) is 4.32. The summed E-state index contributed by atoms with van der Waals surface area (Å²) < 4.78 is 0. The van der Waals surface area contributed by atoms with Crippen LogP contribution in [-0.4, -0.2) is 0 Å². The Balaban J connectivity index is 1.41. The maximum atomic E-state index is 6.47. The fourth-order valence-corrected chi connectivity index (χ4v) is 4.32. The highest BCUT2D eigenvalue weighted by atomic mass is 15.0. The summed E-state index contributed by atoms with van der Waals surface area (Å²) in [7, 11) is 0. The van der Waals surface area contributed by atoms with Gasteiger partial charge in [-0.05, 0) is 56.3 Å². The Morgan fingerprint density at radius 3 is 2.19 bits per heavy atom. The monoisotopic (exact) mass is 417 g/mol. The standard InChI is InChI=1S/C29H27N3/c30-19-20-9-12-23(13-10-20)29(31)32-28-8-4-2-6-25(28)18-21-11-16-27-24(17-21)15-14-22-5-1-3-7-26(22)27/h1-17,29,32H,18-19,30-31H2. The number of para-hydroxylation sites is 1. The lowest BCUT2D eigenvalue weighted by atomic mass is 9.97. The number of benzene rings is 5. The molecule has 3 nitrogen and oxygen atoms in total. The molecule has 0 aliphatic heterocycles. The van der Waals surface area contributed by atoms with Crippen molar-refractivity contribution in [2.75, 3.05) is 5.32 Å². The topological polar surface area (TPSA) is 64.1 Å². The first-order valence-electron chi connectivity index (χ1n) is 11.0. The molecule has 0 fully saturated rings. The van der Waals surface area contributed by atoms with Gasteiger partial charge in [-0.25, -0.2) is 0 Å². The van der Waals surface area contributed by atoms with Crippen LogP contribution in [0.2, 0.25) is 0 Å². The Kier molecular flexibility index (Phi) is 5.59. The second kappa shape index (κ2) is 8.83. The quantitative estimate of drug-likeness (QED) is 0.231. The van der Waals surface area contributed by atoms with Gasteiger partial charge in [-0.1, -0.05) is 97.1 Å². The first-order valence-corrected chi connectivity index (χ1v) is 11.0. The average molecular weight is 418 g/mol. The lowest BCUT2D eigenvalue weighted by Crippen LogP contribution is -2.20. The van der Waals surface area contributed by atoms with E-state index in [4.69, 9.17) is 11.5 Å². The van der Waals surface area contributed by atoms with E-state index in [0.717, 1.165) is 23.2 Å². The smallest absolute Gasteiger partial charge is 0.101 e. The molecular formula is C29H27N3. The van der Waals surface area contributed by atoms with E-state index < -0.39 is 0 Å². The van der Waals surface area contributed by atoms with E-state index in [1.165, 1.54) is 32.7 Å². The molecule has 0 aliphatic rings. The summed E-state index contributed by atoms with van der Waals surface area (Å²) in [5.41, 5.74) is 17.9. The maximum Gasteiger partial charge on any atom is 0.101 e. The molecule has 1 atom stereocenters. The molecular weight excluding hydrogens is 390 g/mol. The minimum Gasteiger partial charge on any atom is -0.366 e. The van der Waals surface area contributed by atoms with Crippen LogP contribution in [0.5, 0.6) is 0 Å². The van der Waals surface area contributed by atoms with Crippen molar-refractivity contribution in [3.63, 3.8) is 0 Å². The van der Waals surface area contributed by atoms with Crippen LogP contribution >= 0.6 is 0 Å². The normalized spacial score (nSPS) is 12.2. The molecule has 0 spiro atoms. The zero-order valence-corrected chi connectivity index (χ0v) is 18.0. The summed E-state index contributed by atoms with van der Waals surface area (Å²) >= 11 is 0. The Bertz CT molecular complexity index is 1370.